The van der Waals surface area contributed by atoms with Gasteiger partial charge in [-0.1, -0.05) is 0 Å². The van der Waals surface area contributed by atoms with E-state index in [1.165, 1.54) is 12.4 Å². The van der Waals surface area contributed by atoms with Gasteiger partial charge in [0, 0.05) is 12.6 Å². The number of hydrogen-bond acceptors (Lipinski definition) is 4. The SMILES string of the molecule is Cc1cnc([C@@H]2CCON2C(=O)[C@@H](C)C(F)(F)F)cn1. The Morgan fingerprint density at radius 2 is 2.15 bits per heavy atom. The van der Waals surface area contributed by atoms with Crippen molar-refractivity contribution >= 4 is 5.91 Å². The van der Waals surface area contributed by atoms with Crippen LogP contribution in [0.1, 0.15) is 30.8 Å². The molecular weight excluding hydrogens is 275 g/mol. The summed E-state index contributed by atoms with van der Waals surface area (Å²) < 4.78 is 37.8. The van der Waals surface area contributed by atoms with Gasteiger partial charge in [0.05, 0.1) is 24.2 Å². The second kappa shape index (κ2) is 5.35. The van der Waals surface area contributed by atoms with Crippen molar-refractivity contribution < 1.29 is 22.8 Å². The number of nitrogens with zero attached hydrogens (tertiary/aromatic N) is 3. The van der Waals surface area contributed by atoms with E-state index in [9.17, 15) is 18.0 Å². The molecule has 1 aromatic rings. The van der Waals surface area contributed by atoms with Gasteiger partial charge in [-0.05, 0) is 13.8 Å². The largest absolute Gasteiger partial charge is 0.400 e. The number of hydrogen-bond donors (Lipinski definition) is 0. The number of alkyl halides is 3. The minimum atomic E-state index is -4.59. The highest BCUT2D eigenvalue weighted by atomic mass is 19.4. The minimum absolute atomic E-state index is 0.177. The Morgan fingerprint density at radius 3 is 2.70 bits per heavy atom. The van der Waals surface area contributed by atoms with Crippen LogP contribution in [0.2, 0.25) is 0 Å². The number of rotatable bonds is 2. The number of aryl methyl sites for hydroxylation is 1. The lowest BCUT2D eigenvalue weighted by molar-refractivity contribution is -0.213. The molecule has 8 heteroatoms. The first-order valence-corrected chi connectivity index (χ1v) is 6.12. The van der Waals surface area contributed by atoms with Crippen molar-refractivity contribution in [2.24, 2.45) is 5.92 Å². The predicted octanol–water partition coefficient (Wildman–Crippen LogP) is 2.19. The third kappa shape index (κ3) is 2.90. The Kier molecular flexibility index (Phi) is 3.94. The summed E-state index contributed by atoms with van der Waals surface area (Å²) in [5.41, 5.74) is 1.12. The second-order valence-corrected chi connectivity index (χ2v) is 4.65. The maximum Gasteiger partial charge on any atom is 0.400 e. The maximum absolute atomic E-state index is 12.6. The van der Waals surface area contributed by atoms with Crippen molar-refractivity contribution in [3.63, 3.8) is 0 Å². The monoisotopic (exact) mass is 289 g/mol. The molecule has 0 aliphatic carbocycles. The molecule has 0 radical (unpaired) electrons. The zero-order valence-electron chi connectivity index (χ0n) is 11.0. The second-order valence-electron chi connectivity index (χ2n) is 4.65. The first-order chi connectivity index (χ1) is 9.30. The van der Waals surface area contributed by atoms with Gasteiger partial charge in [0.1, 0.15) is 12.0 Å². The number of amides is 1. The molecule has 0 unspecified atom stereocenters. The smallest absolute Gasteiger partial charge is 0.272 e. The van der Waals surface area contributed by atoms with Crippen LogP contribution in [-0.4, -0.2) is 33.7 Å². The summed E-state index contributed by atoms with van der Waals surface area (Å²) in [7, 11) is 0. The van der Waals surface area contributed by atoms with Gasteiger partial charge < -0.3 is 0 Å². The molecule has 0 aromatic carbocycles. The number of carbonyl (C=O) groups is 1. The third-order valence-corrected chi connectivity index (χ3v) is 3.13. The molecule has 2 heterocycles. The molecule has 5 nitrogen and oxygen atoms in total. The Balaban J connectivity index is 2.19. The van der Waals surface area contributed by atoms with Crippen molar-refractivity contribution in [2.45, 2.75) is 32.5 Å². The van der Waals surface area contributed by atoms with Crippen molar-refractivity contribution in [3.8, 4) is 0 Å². The Morgan fingerprint density at radius 1 is 1.45 bits per heavy atom. The van der Waals surface area contributed by atoms with Crippen molar-refractivity contribution in [1.29, 1.82) is 0 Å². The summed E-state index contributed by atoms with van der Waals surface area (Å²) in [6.07, 6.45) is -1.24. The summed E-state index contributed by atoms with van der Waals surface area (Å²) in [6, 6.07) is -0.625. The van der Waals surface area contributed by atoms with E-state index >= 15 is 0 Å². The molecule has 1 aromatic heterocycles. The molecule has 2 atom stereocenters. The lowest BCUT2D eigenvalue weighted by atomic mass is 10.1. The molecule has 1 aliphatic rings. The van der Waals surface area contributed by atoms with Gasteiger partial charge in [0.25, 0.3) is 5.91 Å². The average Bonchev–Trinajstić information content (AvgIpc) is 2.86. The van der Waals surface area contributed by atoms with Crippen LogP contribution in [0.4, 0.5) is 13.2 Å². The number of hydroxylamine groups is 2. The molecule has 0 spiro atoms. The van der Waals surface area contributed by atoms with E-state index in [0.29, 0.717) is 17.8 Å². The first-order valence-electron chi connectivity index (χ1n) is 6.12. The fourth-order valence-electron chi connectivity index (χ4n) is 1.86. The van der Waals surface area contributed by atoms with Crippen LogP contribution in [0.15, 0.2) is 12.4 Å². The van der Waals surface area contributed by atoms with E-state index in [4.69, 9.17) is 4.84 Å². The van der Waals surface area contributed by atoms with Crippen LogP contribution in [0.3, 0.4) is 0 Å². The highest BCUT2D eigenvalue weighted by molar-refractivity contribution is 5.78. The van der Waals surface area contributed by atoms with Gasteiger partial charge in [-0.25, -0.2) is 5.06 Å². The molecule has 2 rings (SSSR count). The quantitative estimate of drug-likeness (QED) is 0.837. The van der Waals surface area contributed by atoms with Crippen molar-refractivity contribution in [3.05, 3.63) is 23.8 Å². The van der Waals surface area contributed by atoms with Crippen LogP contribution < -0.4 is 0 Å². The first kappa shape index (κ1) is 14.7. The molecular formula is C12H14F3N3O2. The molecule has 1 saturated heterocycles. The van der Waals surface area contributed by atoms with E-state index in [0.717, 1.165) is 12.0 Å². The van der Waals surface area contributed by atoms with Gasteiger partial charge in [-0.15, -0.1) is 0 Å². The normalized spacial score (nSPS) is 21.1. The van der Waals surface area contributed by atoms with Crippen LogP contribution in [0.5, 0.6) is 0 Å². The zero-order valence-corrected chi connectivity index (χ0v) is 11.0. The molecule has 20 heavy (non-hydrogen) atoms. The van der Waals surface area contributed by atoms with Crippen LogP contribution in [0, 0.1) is 12.8 Å². The molecule has 1 amide bonds. The highest BCUT2D eigenvalue weighted by Crippen LogP contribution is 2.34. The van der Waals surface area contributed by atoms with Gasteiger partial charge in [-0.2, -0.15) is 13.2 Å². The summed E-state index contributed by atoms with van der Waals surface area (Å²) in [5, 5.41) is 0.775. The predicted molar refractivity (Wildman–Crippen MR) is 62.1 cm³/mol. The lowest BCUT2D eigenvalue weighted by Gasteiger charge is -2.25. The Bertz CT molecular complexity index is 490. The molecule has 110 valence electrons. The van der Waals surface area contributed by atoms with Crippen LogP contribution in [-0.2, 0) is 9.63 Å². The van der Waals surface area contributed by atoms with E-state index in [-0.39, 0.29) is 6.61 Å². The van der Waals surface area contributed by atoms with E-state index < -0.39 is 24.0 Å². The fourth-order valence-corrected chi connectivity index (χ4v) is 1.86. The molecule has 0 bridgehead atoms. The summed E-state index contributed by atoms with van der Waals surface area (Å²) in [6.45, 7) is 2.75. The third-order valence-electron chi connectivity index (χ3n) is 3.13. The van der Waals surface area contributed by atoms with Gasteiger partial charge in [0.15, 0.2) is 0 Å². The summed E-state index contributed by atoms with van der Waals surface area (Å²) >= 11 is 0. The van der Waals surface area contributed by atoms with Crippen LogP contribution in [0.25, 0.3) is 0 Å². The van der Waals surface area contributed by atoms with E-state index in [1.54, 1.807) is 6.92 Å². The van der Waals surface area contributed by atoms with E-state index in [1.807, 2.05) is 0 Å². The average molecular weight is 289 g/mol. The molecule has 0 N–H and O–H groups in total. The number of carbonyl (C=O) groups excluding carboxylic acids is 1. The lowest BCUT2D eigenvalue weighted by Crippen LogP contribution is -2.40. The standard InChI is InChI=1S/C12H14F3N3O2/c1-7-5-17-9(6-16-7)10-3-4-20-18(10)11(19)8(2)12(13,14)15/h5-6,8,10H,3-4H2,1-2H3/t8-,10+/m1/s1. The minimum Gasteiger partial charge on any atom is -0.272 e. The van der Waals surface area contributed by atoms with Gasteiger partial charge in [-0.3, -0.25) is 19.6 Å². The molecule has 0 saturated carbocycles. The van der Waals surface area contributed by atoms with Gasteiger partial charge in [0.2, 0.25) is 0 Å². The molecule has 1 aliphatic heterocycles. The Hall–Kier alpha value is -1.70. The van der Waals surface area contributed by atoms with Crippen molar-refractivity contribution in [1.82, 2.24) is 15.0 Å². The highest BCUT2D eigenvalue weighted by Gasteiger charge is 2.46. The number of halogens is 3. The number of aromatic nitrogens is 2. The molecule has 1 fully saturated rings. The van der Waals surface area contributed by atoms with Crippen molar-refractivity contribution in [2.75, 3.05) is 6.61 Å². The fraction of sp³-hybridized carbons (Fsp3) is 0.583. The van der Waals surface area contributed by atoms with Gasteiger partial charge >= 0.3 is 6.18 Å². The maximum atomic E-state index is 12.6. The Labute approximate surface area is 113 Å². The summed E-state index contributed by atoms with van der Waals surface area (Å²) in [4.78, 5) is 25.0. The zero-order chi connectivity index (χ0) is 14.9. The summed E-state index contributed by atoms with van der Waals surface area (Å²) in [5.74, 6) is -3.22. The van der Waals surface area contributed by atoms with Crippen LogP contribution >= 0.6 is 0 Å². The topological polar surface area (TPSA) is 55.3 Å². The van der Waals surface area contributed by atoms with E-state index in [2.05, 4.69) is 9.97 Å².